The Morgan fingerprint density at radius 1 is 1.69 bits per heavy atom. The summed E-state index contributed by atoms with van der Waals surface area (Å²) in [6, 6.07) is -0.0428. The summed E-state index contributed by atoms with van der Waals surface area (Å²) in [6.45, 7) is 1.46. The van der Waals surface area contributed by atoms with Crippen molar-refractivity contribution in [1.82, 2.24) is 0 Å². The Hall–Kier alpha value is -1.14. The number of hydrogen-bond donors (Lipinski definition) is 3. The molecule has 1 aromatic carbocycles. The molecule has 6 heteroatoms. The summed E-state index contributed by atoms with van der Waals surface area (Å²) in [7, 11) is 0. The van der Waals surface area contributed by atoms with Gasteiger partial charge < -0.3 is 15.9 Å². The van der Waals surface area contributed by atoms with E-state index in [1.165, 1.54) is 6.92 Å². The first-order valence-electron chi connectivity index (χ1n) is 4.49. The average molecular weight is 292 g/mol. The number of carboxylic acid groups (broad SMARTS) is 1. The second-order valence-electron chi connectivity index (χ2n) is 3.44. The van der Waals surface area contributed by atoms with E-state index >= 15 is 0 Å². The van der Waals surface area contributed by atoms with Gasteiger partial charge in [-0.05, 0) is 34.5 Å². The lowest BCUT2D eigenvalue weighted by molar-refractivity contribution is -0.138. The molecule has 0 bridgehead atoms. The van der Waals surface area contributed by atoms with Crippen molar-refractivity contribution < 1.29 is 19.4 Å². The molecular formula is C10H11BrFNO3. The highest BCUT2D eigenvalue weighted by Crippen LogP contribution is 2.32. The van der Waals surface area contributed by atoms with Crippen molar-refractivity contribution >= 4 is 21.9 Å². The van der Waals surface area contributed by atoms with Gasteiger partial charge in [0.1, 0.15) is 17.6 Å². The Kier molecular flexibility index (Phi) is 3.88. The Bertz CT molecular complexity index is 410. The van der Waals surface area contributed by atoms with E-state index in [2.05, 4.69) is 15.9 Å². The topological polar surface area (TPSA) is 83.5 Å². The SMILES string of the molecule is Cc1c(F)cc(Br)c(O)c1CC(N)C(=O)O. The number of rotatable bonds is 3. The molecule has 0 aliphatic rings. The number of aromatic hydroxyl groups is 1. The number of carbonyl (C=O) groups is 1. The zero-order valence-corrected chi connectivity index (χ0v) is 10.1. The first-order chi connectivity index (χ1) is 7.34. The molecule has 0 saturated carbocycles. The zero-order valence-electron chi connectivity index (χ0n) is 8.50. The van der Waals surface area contributed by atoms with Crippen LogP contribution in [-0.2, 0) is 11.2 Å². The fourth-order valence-corrected chi connectivity index (χ4v) is 1.75. The van der Waals surface area contributed by atoms with E-state index in [-0.39, 0.29) is 27.8 Å². The lowest BCUT2D eigenvalue weighted by Crippen LogP contribution is -2.32. The number of benzene rings is 1. The number of carboxylic acids is 1. The molecule has 1 aromatic rings. The molecular weight excluding hydrogens is 281 g/mol. The van der Waals surface area contributed by atoms with Crippen LogP contribution in [0.4, 0.5) is 4.39 Å². The minimum atomic E-state index is -1.20. The highest BCUT2D eigenvalue weighted by molar-refractivity contribution is 9.10. The Balaban J connectivity index is 3.17. The van der Waals surface area contributed by atoms with Crippen LogP contribution in [0.1, 0.15) is 11.1 Å². The third-order valence-electron chi connectivity index (χ3n) is 2.32. The van der Waals surface area contributed by atoms with Gasteiger partial charge in [-0.25, -0.2) is 4.39 Å². The Morgan fingerprint density at radius 2 is 2.25 bits per heavy atom. The van der Waals surface area contributed by atoms with Crippen LogP contribution < -0.4 is 5.73 Å². The lowest BCUT2D eigenvalue weighted by Gasteiger charge is -2.13. The molecule has 0 heterocycles. The van der Waals surface area contributed by atoms with E-state index in [1.807, 2.05) is 0 Å². The number of aliphatic carboxylic acids is 1. The average Bonchev–Trinajstić information content (AvgIpc) is 2.21. The highest BCUT2D eigenvalue weighted by atomic mass is 79.9. The van der Waals surface area contributed by atoms with Gasteiger partial charge in [0.2, 0.25) is 0 Å². The van der Waals surface area contributed by atoms with Crippen LogP contribution in [0.2, 0.25) is 0 Å². The summed E-state index contributed by atoms with van der Waals surface area (Å²) in [5.41, 5.74) is 5.75. The molecule has 0 aromatic heterocycles. The van der Waals surface area contributed by atoms with Crippen LogP contribution in [-0.4, -0.2) is 22.2 Å². The summed E-state index contributed by atoms with van der Waals surface area (Å²) < 4.78 is 13.5. The fraction of sp³-hybridized carbons (Fsp3) is 0.300. The summed E-state index contributed by atoms with van der Waals surface area (Å²) in [5, 5.41) is 18.3. The Labute approximate surface area is 100 Å². The molecule has 1 unspecified atom stereocenters. The quantitative estimate of drug-likeness (QED) is 0.789. The standard InChI is InChI=1S/C10H11BrFNO3/c1-4-5(2-8(13)10(15)16)9(14)6(11)3-7(4)12/h3,8,14H,2,13H2,1H3,(H,15,16). The molecule has 0 amide bonds. The van der Waals surface area contributed by atoms with Crippen LogP contribution in [0, 0.1) is 12.7 Å². The maximum absolute atomic E-state index is 13.3. The molecule has 4 N–H and O–H groups in total. The van der Waals surface area contributed by atoms with Crippen molar-refractivity contribution in [2.75, 3.05) is 0 Å². The van der Waals surface area contributed by atoms with E-state index in [1.54, 1.807) is 0 Å². The molecule has 4 nitrogen and oxygen atoms in total. The van der Waals surface area contributed by atoms with Crippen LogP contribution in [0.15, 0.2) is 10.5 Å². The van der Waals surface area contributed by atoms with Crippen molar-refractivity contribution in [2.24, 2.45) is 5.73 Å². The third-order valence-corrected chi connectivity index (χ3v) is 2.92. The largest absolute Gasteiger partial charge is 0.506 e. The zero-order chi connectivity index (χ0) is 12.5. The van der Waals surface area contributed by atoms with Crippen LogP contribution in [0.3, 0.4) is 0 Å². The number of nitrogens with two attached hydrogens (primary N) is 1. The smallest absolute Gasteiger partial charge is 0.320 e. The van der Waals surface area contributed by atoms with Gasteiger partial charge in [0, 0.05) is 12.0 Å². The van der Waals surface area contributed by atoms with Crippen molar-refractivity contribution in [3.05, 3.63) is 27.5 Å². The van der Waals surface area contributed by atoms with Gasteiger partial charge in [-0.3, -0.25) is 4.79 Å². The monoisotopic (exact) mass is 291 g/mol. The summed E-state index contributed by atoms with van der Waals surface area (Å²) in [6.07, 6.45) is -0.122. The molecule has 1 rings (SSSR count). The molecule has 88 valence electrons. The molecule has 0 fully saturated rings. The van der Waals surface area contributed by atoms with Gasteiger partial charge in [-0.2, -0.15) is 0 Å². The first kappa shape index (κ1) is 12.9. The van der Waals surface area contributed by atoms with Gasteiger partial charge in [0.15, 0.2) is 0 Å². The van der Waals surface area contributed by atoms with Crippen molar-refractivity contribution in [3.63, 3.8) is 0 Å². The molecule has 0 spiro atoms. The molecule has 0 saturated heterocycles. The van der Waals surface area contributed by atoms with E-state index in [4.69, 9.17) is 10.8 Å². The lowest BCUT2D eigenvalue weighted by atomic mass is 10.00. The van der Waals surface area contributed by atoms with Gasteiger partial charge >= 0.3 is 5.97 Å². The molecule has 0 aliphatic heterocycles. The van der Waals surface area contributed by atoms with E-state index < -0.39 is 17.8 Å². The predicted octanol–water partition coefficient (Wildman–Crippen LogP) is 1.56. The summed E-state index contributed by atoms with van der Waals surface area (Å²) in [5.74, 6) is -1.88. The molecule has 1 atom stereocenters. The van der Waals surface area contributed by atoms with Gasteiger partial charge in [0.25, 0.3) is 0 Å². The first-order valence-corrected chi connectivity index (χ1v) is 5.28. The van der Waals surface area contributed by atoms with Gasteiger partial charge in [-0.15, -0.1) is 0 Å². The van der Waals surface area contributed by atoms with Crippen molar-refractivity contribution in [3.8, 4) is 5.75 Å². The second kappa shape index (κ2) is 4.80. The molecule has 16 heavy (non-hydrogen) atoms. The van der Waals surface area contributed by atoms with Crippen molar-refractivity contribution in [1.29, 1.82) is 0 Å². The number of hydrogen-bond acceptors (Lipinski definition) is 3. The highest BCUT2D eigenvalue weighted by Gasteiger charge is 2.19. The molecule has 0 radical (unpaired) electrons. The maximum Gasteiger partial charge on any atom is 0.320 e. The van der Waals surface area contributed by atoms with Crippen molar-refractivity contribution in [2.45, 2.75) is 19.4 Å². The number of phenolic OH excluding ortho intramolecular Hbond substituents is 1. The van der Waals surface area contributed by atoms with Crippen LogP contribution in [0.5, 0.6) is 5.75 Å². The van der Waals surface area contributed by atoms with E-state index in [0.717, 1.165) is 6.07 Å². The van der Waals surface area contributed by atoms with E-state index in [9.17, 15) is 14.3 Å². The van der Waals surface area contributed by atoms with E-state index in [0.29, 0.717) is 0 Å². The fourth-order valence-electron chi connectivity index (χ4n) is 1.31. The minimum absolute atomic E-state index is 0.122. The summed E-state index contributed by atoms with van der Waals surface area (Å²) in [4.78, 5) is 10.6. The number of phenols is 1. The molecule has 0 aliphatic carbocycles. The maximum atomic E-state index is 13.3. The van der Waals surface area contributed by atoms with Crippen LogP contribution >= 0.6 is 15.9 Å². The Morgan fingerprint density at radius 3 is 2.75 bits per heavy atom. The van der Waals surface area contributed by atoms with Gasteiger partial charge in [0.05, 0.1) is 4.47 Å². The summed E-state index contributed by atoms with van der Waals surface area (Å²) >= 11 is 2.98. The van der Waals surface area contributed by atoms with Gasteiger partial charge in [-0.1, -0.05) is 0 Å². The predicted molar refractivity (Wildman–Crippen MR) is 59.8 cm³/mol. The number of halogens is 2. The second-order valence-corrected chi connectivity index (χ2v) is 4.30. The normalized spacial score (nSPS) is 12.5. The van der Waals surface area contributed by atoms with Crippen LogP contribution in [0.25, 0.3) is 0 Å². The minimum Gasteiger partial charge on any atom is -0.506 e. The third kappa shape index (κ3) is 2.51.